The van der Waals surface area contributed by atoms with Crippen LogP contribution >= 0.6 is 0 Å². The average molecular weight is 267 g/mol. The van der Waals surface area contributed by atoms with Crippen LogP contribution in [-0.4, -0.2) is 50.2 Å². The number of nitro benzene ring substituents is 1. The van der Waals surface area contributed by atoms with Crippen molar-refractivity contribution in [3.8, 4) is 0 Å². The Morgan fingerprint density at radius 1 is 1.37 bits per heavy atom. The molecule has 0 spiro atoms. The lowest BCUT2D eigenvalue weighted by Gasteiger charge is -2.11. The predicted octanol–water partition coefficient (Wildman–Crippen LogP) is 1.89. The fourth-order valence-corrected chi connectivity index (χ4v) is 1.56. The molecule has 0 aliphatic carbocycles. The van der Waals surface area contributed by atoms with E-state index in [1.165, 1.54) is 6.07 Å². The Hall–Kier alpha value is -1.66. The zero-order chi connectivity index (χ0) is 14.3. The zero-order valence-electron chi connectivity index (χ0n) is 11.7. The number of likely N-dealkylation sites (N-methyl/N-ethyl adjacent to an activating group) is 1. The molecule has 1 N–H and O–H groups in total. The van der Waals surface area contributed by atoms with Crippen molar-refractivity contribution >= 4 is 11.4 Å². The maximum absolute atomic E-state index is 10.9. The van der Waals surface area contributed by atoms with Gasteiger partial charge in [-0.3, -0.25) is 10.1 Å². The number of hydrogen-bond acceptors (Lipinski definition) is 5. The summed E-state index contributed by atoms with van der Waals surface area (Å²) in [5, 5.41) is 13.9. The summed E-state index contributed by atoms with van der Waals surface area (Å²) in [6.07, 6.45) is 0. The summed E-state index contributed by atoms with van der Waals surface area (Å²) in [5.41, 5.74) is 1.63. The van der Waals surface area contributed by atoms with Crippen LogP contribution in [0.3, 0.4) is 0 Å². The van der Waals surface area contributed by atoms with E-state index in [0.29, 0.717) is 25.4 Å². The van der Waals surface area contributed by atoms with Crippen molar-refractivity contribution in [1.29, 1.82) is 0 Å². The van der Waals surface area contributed by atoms with E-state index in [1.807, 2.05) is 25.9 Å². The fourth-order valence-electron chi connectivity index (χ4n) is 1.56. The van der Waals surface area contributed by atoms with E-state index in [4.69, 9.17) is 4.74 Å². The first-order chi connectivity index (χ1) is 9.00. The van der Waals surface area contributed by atoms with E-state index in [2.05, 4.69) is 5.32 Å². The Balaban J connectivity index is 2.40. The van der Waals surface area contributed by atoms with Crippen LogP contribution in [0.25, 0.3) is 0 Å². The smallest absolute Gasteiger partial charge is 0.292 e. The summed E-state index contributed by atoms with van der Waals surface area (Å²) in [6.45, 7) is 4.51. The quantitative estimate of drug-likeness (QED) is 0.442. The van der Waals surface area contributed by atoms with E-state index >= 15 is 0 Å². The molecule has 0 saturated carbocycles. The molecule has 0 amide bonds. The number of ether oxygens (including phenoxy) is 1. The molecule has 0 bridgehead atoms. The average Bonchev–Trinajstić information content (AvgIpc) is 2.33. The third-order valence-corrected chi connectivity index (χ3v) is 2.59. The third-order valence-electron chi connectivity index (χ3n) is 2.59. The summed E-state index contributed by atoms with van der Waals surface area (Å²) < 4.78 is 5.42. The highest BCUT2D eigenvalue weighted by Crippen LogP contribution is 2.24. The van der Waals surface area contributed by atoms with Gasteiger partial charge in [0, 0.05) is 19.2 Å². The lowest BCUT2D eigenvalue weighted by atomic mass is 10.2. The van der Waals surface area contributed by atoms with Gasteiger partial charge in [0.2, 0.25) is 0 Å². The summed E-state index contributed by atoms with van der Waals surface area (Å²) in [4.78, 5) is 12.5. The van der Waals surface area contributed by atoms with Gasteiger partial charge in [0.1, 0.15) is 5.69 Å². The maximum Gasteiger partial charge on any atom is 0.292 e. The first-order valence-corrected chi connectivity index (χ1v) is 6.22. The van der Waals surface area contributed by atoms with Crippen molar-refractivity contribution in [1.82, 2.24) is 4.90 Å². The highest BCUT2D eigenvalue weighted by molar-refractivity contribution is 5.62. The molecule has 19 heavy (non-hydrogen) atoms. The van der Waals surface area contributed by atoms with Gasteiger partial charge in [0.25, 0.3) is 5.69 Å². The highest BCUT2D eigenvalue weighted by atomic mass is 16.6. The van der Waals surface area contributed by atoms with Crippen LogP contribution in [-0.2, 0) is 4.74 Å². The fraction of sp³-hybridized carbons (Fsp3) is 0.538. The van der Waals surface area contributed by atoms with E-state index in [9.17, 15) is 10.1 Å². The topological polar surface area (TPSA) is 67.6 Å². The summed E-state index contributed by atoms with van der Waals surface area (Å²) in [6, 6.07) is 5.03. The van der Waals surface area contributed by atoms with Crippen molar-refractivity contribution in [2.75, 3.05) is 45.7 Å². The minimum Gasteiger partial charge on any atom is -0.378 e. The van der Waals surface area contributed by atoms with Gasteiger partial charge in [-0.25, -0.2) is 0 Å². The van der Waals surface area contributed by atoms with Gasteiger partial charge in [0.05, 0.1) is 18.1 Å². The molecule has 6 heteroatoms. The molecule has 106 valence electrons. The van der Waals surface area contributed by atoms with Crippen LogP contribution in [0, 0.1) is 17.0 Å². The third kappa shape index (κ3) is 5.67. The normalized spacial score (nSPS) is 10.7. The molecule has 0 fully saturated rings. The Kier molecular flexibility index (Phi) is 6.24. The monoisotopic (exact) mass is 267 g/mol. The van der Waals surface area contributed by atoms with Gasteiger partial charge < -0.3 is 15.0 Å². The lowest BCUT2D eigenvalue weighted by molar-refractivity contribution is -0.384. The summed E-state index contributed by atoms with van der Waals surface area (Å²) in [5.74, 6) is 0. The molecule has 0 aliphatic rings. The number of nitrogens with one attached hydrogen (secondary N) is 1. The van der Waals surface area contributed by atoms with Crippen LogP contribution in [0.2, 0.25) is 0 Å². The molecular formula is C13H21N3O3. The standard InChI is InChI=1S/C13H21N3O3/c1-11-4-5-13(16(17)18)12(10-11)14-6-8-19-9-7-15(2)3/h4-5,10,14H,6-9H2,1-3H3. The second-order valence-corrected chi connectivity index (χ2v) is 4.62. The Morgan fingerprint density at radius 2 is 2.11 bits per heavy atom. The largest absolute Gasteiger partial charge is 0.378 e. The highest BCUT2D eigenvalue weighted by Gasteiger charge is 2.12. The van der Waals surface area contributed by atoms with Crippen LogP contribution in [0.15, 0.2) is 18.2 Å². The molecule has 0 radical (unpaired) electrons. The Labute approximate surface area is 113 Å². The molecule has 0 atom stereocenters. The molecule has 6 nitrogen and oxygen atoms in total. The second-order valence-electron chi connectivity index (χ2n) is 4.62. The molecule has 1 aromatic rings. The minimum atomic E-state index is -0.380. The number of aryl methyl sites for hydroxylation is 1. The zero-order valence-corrected chi connectivity index (χ0v) is 11.7. The number of benzene rings is 1. The van der Waals surface area contributed by atoms with Crippen molar-refractivity contribution < 1.29 is 9.66 Å². The molecular weight excluding hydrogens is 246 g/mol. The van der Waals surface area contributed by atoms with E-state index in [-0.39, 0.29) is 10.6 Å². The molecule has 0 heterocycles. The molecule has 1 rings (SSSR count). The van der Waals surface area contributed by atoms with Crippen molar-refractivity contribution in [3.63, 3.8) is 0 Å². The van der Waals surface area contributed by atoms with Crippen molar-refractivity contribution in [2.45, 2.75) is 6.92 Å². The molecule has 0 aromatic heterocycles. The van der Waals surface area contributed by atoms with Crippen LogP contribution < -0.4 is 5.32 Å². The van der Waals surface area contributed by atoms with Gasteiger partial charge in [-0.2, -0.15) is 0 Å². The second kappa shape index (κ2) is 7.70. The summed E-state index contributed by atoms with van der Waals surface area (Å²) >= 11 is 0. The number of hydrogen-bond donors (Lipinski definition) is 1. The van der Waals surface area contributed by atoms with E-state index < -0.39 is 0 Å². The first-order valence-electron chi connectivity index (χ1n) is 6.22. The number of anilines is 1. The van der Waals surface area contributed by atoms with Crippen LogP contribution in [0.4, 0.5) is 11.4 Å². The van der Waals surface area contributed by atoms with Gasteiger partial charge in [-0.05, 0) is 32.6 Å². The maximum atomic E-state index is 10.9. The SMILES string of the molecule is Cc1ccc([N+](=O)[O-])c(NCCOCCN(C)C)c1. The Morgan fingerprint density at radius 3 is 2.74 bits per heavy atom. The van der Waals surface area contributed by atoms with Crippen molar-refractivity contribution in [2.24, 2.45) is 0 Å². The van der Waals surface area contributed by atoms with Crippen LogP contribution in [0.5, 0.6) is 0 Å². The number of nitrogens with zero attached hydrogens (tertiary/aromatic N) is 2. The van der Waals surface area contributed by atoms with Crippen molar-refractivity contribution in [3.05, 3.63) is 33.9 Å². The number of nitro groups is 1. The molecule has 0 aliphatic heterocycles. The first kappa shape index (κ1) is 15.4. The molecule has 0 unspecified atom stereocenters. The molecule has 0 saturated heterocycles. The number of rotatable bonds is 8. The predicted molar refractivity (Wildman–Crippen MR) is 75.7 cm³/mol. The lowest BCUT2D eigenvalue weighted by Crippen LogP contribution is -2.20. The van der Waals surface area contributed by atoms with Gasteiger partial charge >= 0.3 is 0 Å². The molecule has 1 aromatic carbocycles. The minimum absolute atomic E-state index is 0.0962. The van der Waals surface area contributed by atoms with Gasteiger partial charge in [0.15, 0.2) is 0 Å². The van der Waals surface area contributed by atoms with E-state index in [0.717, 1.165) is 12.1 Å². The van der Waals surface area contributed by atoms with Crippen LogP contribution in [0.1, 0.15) is 5.56 Å². The Bertz CT molecular complexity index is 422. The van der Waals surface area contributed by atoms with E-state index in [1.54, 1.807) is 12.1 Å². The van der Waals surface area contributed by atoms with Gasteiger partial charge in [-0.15, -0.1) is 0 Å². The van der Waals surface area contributed by atoms with Gasteiger partial charge in [-0.1, -0.05) is 6.07 Å². The summed E-state index contributed by atoms with van der Waals surface area (Å²) in [7, 11) is 3.97.